The number of aromatic nitrogens is 1. The van der Waals surface area contributed by atoms with Crippen LogP contribution < -0.4 is 5.32 Å². The maximum absolute atomic E-state index is 12.7. The minimum Gasteiger partial charge on any atom is -0.381 e. The van der Waals surface area contributed by atoms with Gasteiger partial charge in [0.2, 0.25) is 0 Å². The molecule has 0 saturated carbocycles. The molecule has 2 heterocycles. The zero-order valence-corrected chi connectivity index (χ0v) is 16.8. The lowest BCUT2D eigenvalue weighted by Gasteiger charge is -2.29. The number of anilines is 1. The second kappa shape index (κ2) is 7.10. The van der Waals surface area contributed by atoms with Crippen LogP contribution >= 0.6 is 0 Å². The molecule has 1 saturated heterocycles. The number of fused-ring (bicyclic) bond motifs is 1. The molecule has 1 aliphatic carbocycles. The molecule has 146 valence electrons. The number of hydrogen-bond acceptors (Lipinski definition) is 4. The monoisotopic (exact) mass is 377 g/mol. The SMILES string of the molecule is Cn1cc(-c2ccc(C#N)c(NCC3CCCO3)c2)c2c1C(=O)CC(C)(C)C2. The number of ketones is 1. The summed E-state index contributed by atoms with van der Waals surface area (Å²) in [5.41, 5.74) is 5.50. The van der Waals surface area contributed by atoms with Crippen molar-refractivity contribution in [1.29, 1.82) is 5.26 Å². The van der Waals surface area contributed by atoms with Crippen LogP contribution in [0, 0.1) is 16.7 Å². The lowest BCUT2D eigenvalue weighted by molar-refractivity contribution is 0.0903. The van der Waals surface area contributed by atoms with Gasteiger partial charge in [-0.1, -0.05) is 19.9 Å². The van der Waals surface area contributed by atoms with Crippen molar-refractivity contribution >= 4 is 11.5 Å². The number of aryl methyl sites for hydroxylation is 1. The molecule has 4 rings (SSSR count). The van der Waals surface area contributed by atoms with Crippen molar-refractivity contribution in [1.82, 2.24) is 4.57 Å². The number of nitrogens with one attached hydrogen (secondary N) is 1. The molecule has 0 spiro atoms. The number of hydrogen-bond donors (Lipinski definition) is 1. The van der Waals surface area contributed by atoms with E-state index >= 15 is 0 Å². The Morgan fingerprint density at radius 2 is 2.18 bits per heavy atom. The highest BCUT2D eigenvalue weighted by Crippen LogP contribution is 2.41. The van der Waals surface area contributed by atoms with Crippen LogP contribution in [0.2, 0.25) is 0 Å². The third-order valence-electron chi connectivity index (χ3n) is 5.84. The summed E-state index contributed by atoms with van der Waals surface area (Å²) in [5.74, 6) is 0.213. The van der Waals surface area contributed by atoms with Gasteiger partial charge in [-0.3, -0.25) is 4.79 Å². The topological polar surface area (TPSA) is 67.1 Å². The summed E-state index contributed by atoms with van der Waals surface area (Å²) >= 11 is 0. The van der Waals surface area contributed by atoms with Crippen LogP contribution in [0.15, 0.2) is 24.4 Å². The first kappa shape index (κ1) is 18.8. The van der Waals surface area contributed by atoms with E-state index in [0.717, 1.165) is 53.9 Å². The largest absolute Gasteiger partial charge is 0.381 e. The first-order valence-electron chi connectivity index (χ1n) is 9.99. The van der Waals surface area contributed by atoms with Gasteiger partial charge in [-0.15, -0.1) is 0 Å². The number of nitriles is 1. The van der Waals surface area contributed by atoms with Crippen LogP contribution in [0.4, 0.5) is 5.69 Å². The van der Waals surface area contributed by atoms with E-state index in [1.807, 2.05) is 29.8 Å². The molecule has 1 N–H and O–H groups in total. The number of nitrogens with zero attached hydrogens (tertiary/aromatic N) is 2. The van der Waals surface area contributed by atoms with Crippen molar-refractivity contribution in [2.45, 2.75) is 45.6 Å². The standard InChI is InChI=1S/C23H27N3O2/c1-23(2)10-18-19(14-26(3)22(18)21(27)11-23)15-6-7-16(12-24)20(9-15)25-13-17-5-4-8-28-17/h6-7,9,14,17,25H,4-5,8,10-11,13H2,1-3H3. The van der Waals surface area contributed by atoms with Crippen LogP contribution in [-0.4, -0.2) is 29.6 Å². The smallest absolute Gasteiger partial charge is 0.180 e. The summed E-state index contributed by atoms with van der Waals surface area (Å²) in [6.45, 7) is 5.82. The van der Waals surface area contributed by atoms with Crippen molar-refractivity contribution in [3.05, 3.63) is 41.2 Å². The van der Waals surface area contributed by atoms with E-state index in [2.05, 4.69) is 31.4 Å². The zero-order chi connectivity index (χ0) is 19.9. The Balaban J connectivity index is 1.70. The van der Waals surface area contributed by atoms with E-state index in [1.165, 1.54) is 0 Å². The molecule has 0 bridgehead atoms. The molecular weight excluding hydrogens is 350 g/mol. The molecule has 2 aromatic rings. The first-order chi connectivity index (χ1) is 13.4. The summed E-state index contributed by atoms with van der Waals surface area (Å²) in [5, 5.41) is 12.9. The number of benzene rings is 1. The number of carbonyl (C=O) groups excluding carboxylic acids is 1. The van der Waals surface area contributed by atoms with Gasteiger partial charge in [0.15, 0.2) is 5.78 Å². The van der Waals surface area contributed by atoms with Gasteiger partial charge in [0.25, 0.3) is 0 Å². The van der Waals surface area contributed by atoms with Gasteiger partial charge in [-0.25, -0.2) is 0 Å². The summed E-state index contributed by atoms with van der Waals surface area (Å²) < 4.78 is 7.65. The van der Waals surface area contributed by atoms with Crippen molar-refractivity contribution in [2.24, 2.45) is 12.5 Å². The van der Waals surface area contributed by atoms with Gasteiger partial charge in [0, 0.05) is 38.4 Å². The Kier molecular flexibility index (Phi) is 4.76. The zero-order valence-electron chi connectivity index (χ0n) is 16.8. The van der Waals surface area contributed by atoms with Crippen molar-refractivity contribution in [3.8, 4) is 17.2 Å². The second-order valence-electron chi connectivity index (χ2n) is 8.81. The highest BCUT2D eigenvalue weighted by Gasteiger charge is 2.35. The Morgan fingerprint density at radius 3 is 2.89 bits per heavy atom. The summed E-state index contributed by atoms with van der Waals surface area (Å²) in [6.07, 6.45) is 5.87. The molecule has 1 aliphatic heterocycles. The third-order valence-corrected chi connectivity index (χ3v) is 5.84. The number of rotatable bonds is 4. The minimum atomic E-state index is -0.0341. The molecule has 1 atom stereocenters. The molecule has 5 nitrogen and oxygen atoms in total. The van der Waals surface area contributed by atoms with E-state index in [9.17, 15) is 10.1 Å². The lowest BCUT2D eigenvalue weighted by Crippen LogP contribution is -2.27. The normalized spacial score (nSPS) is 20.6. The van der Waals surface area contributed by atoms with E-state index in [4.69, 9.17) is 4.74 Å². The number of Topliss-reactive ketones (excluding diaryl/α,β-unsaturated/α-hetero) is 1. The van der Waals surface area contributed by atoms with E-state index in [0.29, 0.717) is 18.5 Å². The van der Waals surface area contributed by atoms with Crippen LogP contribution in [0.3, 0.4) is 0 Å². The highest BCUT2D eigenvalue weighted by atomic mass is 16.5. The van der Waals surface area contributed by atoms with Crippen molar-refractivity contribution in [3.63, 3.8) is 0 Å². The van der Waals surface area contributed by atoms with Crippen molar-refractivity contribution < 1.29 is 9.53 Å². The van der Waals surface area contributed by atoms with Crippen molar-refractivity contribution in [2.75, 3.05) is 18.5 Å². The van der Waals surface area contributed by atoms with E-state index < -0.39 is 0 Å². The fourth-order valence-corrected chi connectivity index (χ4v) is 4.51. The van der Waals surface area contributed by atoms with Crippen LogP contribution in [0.5, 0.6) is 0 Å². The molecule has 1 unspecified atom stereocenters. The van der Waals surface area contributed by atoms with Crippen LogP contribution in [0.25, 0.3) is 11.1 Å². The maximum atomic E-state index is 12.7. The summed E-state index contributed by atoms with van der Waals surface area (Å²) in [7, 11) is 1.94. The molecule has 1 aromatic heterocycles. The quantitative estimate of drug-likeness (QED) is 0.862. The number of carbonyl (C=O) groups is 1. The van der Waals surface area contributed by atoms with E-state index in [1.54, 1.807) is 0 Å². The fraction of sp³-hybridized carbons (Fsp3) is 0.478. The number of ether oxygens (including phenoxy) is 1. The first-order valence-corrected chi connectivity index (χ1v) is 9.99. The average molecular weight is 377 g/mol. The van der Waals surface area contributed by atoms with Crippen LogP contribution in [0.1, 0.15) is 54.7 Å². The summed E-state index contributed by atoms with van der Waals surface area (Å²) in [4.78, 5) is 12.7. The van der Waals surface area contributed by atoms with E-state index in [-0.39, 0.29) is 17.3 Å². The molecule has 28 heavy (non-hydrogen) atoms. The Morgan fingerprint density at radius 1 is 1.36 bits per heavy atom. The predicted octanol–water partition coefficient (Wildman–Crippen LogP) is 4.31. The maximum Gasteiger partial charge on any atom is 0.180 e. The summed E-state index contributed by atoms with van der Waals surface area (Å²) in [6, 6.07) is 8.16. The molecule has 0 radical (unpaired) electrons. The van der Waals surface area contributed by atoms with Gasteiger partial charge in [-0.2, -0.15) is 5.26 Å². The molecule has 0 amide bonds. The molecule has 2 aliphatic rings. The van der Waals surface area contributed by atoms with Gasteiger partial charge < -0.3 is 14.6 Å². The van der Waals surface area contributed by atoms with Crippen LogP contribution in [-0.2, 0) is 18.2 Å². The molecule has 1 aromatic carbocycles. The predicted molar refractivity (Wildman–Crippen MR) is 109 cm³/mol. The molecule has 1 fully saturated rings. The Hall–Kier alpha value is -2.58. The fourth-order valence-electron chi connectivity index (χ4n) is 4.51. The van der Waals surface area contributed by atoms with Gasteiger partial charge in [-0.05, 0) is 47.9 Å². The van der Waals surface area contributed by atoms with Gasteiger partial charge >= 0.3 is 0 Å². The second-order valence-corrected chi connectivity index (χ2v) is 8.81. The van der Waals surface area contributed by atoms with Gasteiger partial charge in [0.05, 0.1) is 23.0 Å². The Labute approximate surface area is 166 Å². The van der Waals surface area contributed by atoms with Gasteiger partial charge in [0.1, 0.15) is 6.07 Å². The Bertz CT molecular complexity index is 959. The highest BCUT2D eigenvalue weighted by molar-refractivity contribution is 6.00. The molecular formula is C23H27N3O2. The average Bonchev–Trinajstić information content (AvgIpc) is 3.26. The third kappa shape index (κ3) is 3.45. The molecule has 5 heteroatoms. The minimum absolute atomic E-state index is 0.0341. The lowest BCUT2D eigenvalue weighted by atomic mass is 9.74.